The van der Waals surface area contributed by atoms with Gasteiger partial charge >= 0.3 is 0 Å². The van der Waals surface area contributed by atoms with Crippen molar-refractivity contribution in [3.63, 3.8) is 0 Å². The number of para-hydroxylation sites is 1. The lowest BCUT2D eigenvalue weighted by molar-refractivity contribution is 0.0974. The molecule has 0 bridgehead atoms. The minimum atomic E-state index is -0.266. The Morgan fingerprint density at radius 2 is 1.74 bits per heavy atom. The zero-order valence-electron chi connectivity index (χ0n) is 15.1. The van der Waals surface area contributed by atoms with Gasteiger partial charge in [0.2, 0.25) is 0 Å². The number of hydrogen-bond donors (Lipinski definition) is 1. The number of rotatable bonds is 3. The first-order valence-electron chi connectivity index (χ1n) is 9.13. The first-order valence-corrected chi connectivity index (χ1v) is 9.13. The number of amides is 1. The molecule has 3 aromatic rings. The van der Waals surface area contributed by atoms with Gasteiger partial charge in [-0.15, -0.1) is 0 Å². The summed E-state index contributed by atoms with van der Waals surface area (Å²) in [7, 11) is 0. The number of anilines is 2. The van der Waals surface area contributed by atoms with Crippen molar-refractivity contribution in [3.05, 3.63) is 95.8 Å². The summed E-state index contributed by atoms with van der Waals surface area (Å²) in [6.45, 7) is 2.05. The molecule has 1 N–H and O–H groups in total. The molecular weight excluding hydrogens is 339 g/mol. The Hall–Kier alpha value is -3.14. The lowest BCUT2D eigenvalue weighted by Crippen LogP contribution is -2.44. The summed E-state index contributed by atoms with van der Waals surface area (Å²) in [5.41, 5.74) is 3.36. The second-order valence-corrected chi connectivity index (χ2v) is 6.89. The largest absolute Gasteiger partial charge is 0.378 e. The lowest BCUT2D eigenvalue weighted by Gasteiger charge is -2.40. The zero-order valence-corrected chi connectivity index (χ0v) is 15.1. The average Bonchev–Trinajstić information content (AvgIpc) is 2.68. The fourth-order valence-corrected chi connectivity index (χ4v) is 3.76. The van der Waals surface area contributed by atoms with Crippen LogP contribution >= 0.6 is 0 Å². The molecule has 0 radical (unpaired) electrons. The normalized spacial score (nSPS) is 18.7. The van der Waals surface area contributed by atoms with Crippen LogP contribution in [0.1, 0.15) is 35.3 Å². The Labute approximate surface area is 158 Å². The third-order valence-corrected chi connectivity index (χ3v) is 4.99. The maximum atomic E-state index is 13.6. The van der Waals surface area contributed by atoms with Gasteiger partial charge in [0.25, 0.3) is 5.91 Å². The number of nitrogens with zero attached hydrogens (tertiary/aromatic N) is 1. The summed E-state index contributed by atoms with van der Waals surface area (Å²) in [6.07, 6.45) is 0.742. The highest BCUT2D eigenvalue weighted by molar-refractivity contribution is 6.07. The van der Waals surface area contributed by atoms with Gasteiger partial charge in [-0.3, -0.25) is 4.79 Å². The first-order chi connectivity index (χ1) is 13.1. The van der Waals surface area contributed by atoms with Crippen LogP contribution in [-0.4, -0.2) is 11.9 Å². The van der Waals surface area contributed by atoms with E-state index in [1.165, 1.54) is 12.1 Å². The summed E-state index contributed by atoms with van der Waals surface area (Å²) in [4.78, 5) is 15.0. The smallest absolute Gasteiger partial charge is 0.258 e. The molecule has 27 heavy (non-hydrogen) atoms. The SMILES string of the molecule is CC1CC(Nc2cccc(F)c2)c2ccccc2N1C(=O)c1ccccc1. The topological polar surface area (TPSA) is 32.3 Å². The van der Waals surface area contributed by atoms with Crippen LogP contribution in [0.3, 0.4) is 0 Å². The van der Waals surface area contributed by atoms with Crippen molar-refractivity contribution in [2.75, 3.05) is 10.2 Å². The molecule has 2 atom stereocenters. The highest BCUT2D eigenvalue weighted by atomic mass is 19.1. The van der Waals surface area contributed by atoms with Gasteiger partial charge < -0.3 is 10.2 Å². The van der Waals surface area contributed by atoms with E-state index in [0.717, 1.165) is 23.4 Å². The number of carbonyl (C=O) groups excluding carboxylic acids is 1. The van der Waals surface area contributed by atoms with Crippen LogP contribution in [0.4, 0.5) is 15.8 Å². The zero-order chi connectivity index (χ0) is 18.8. The van der Waals surface area contributed by atoms with E-state index < -0.39 is 0 Å². The second-order valence-electron chi connectivity index (χ2n) is 6.89. The van der Waals surface area contributed by atoms with E-state index in [4.69, 9.17) is 0 Å². The molecule has 1 heterocycles. The Morgan fingerprint density at radius 3 is 2.52 bits per heavy atom. The van der Waals surface area contributed by atoms with Crippen LogP contribution in [0.25, 0.3) is 0 Å². The second kappa shape index (κ2) is 7.23. The summed E-state index contributed by atoms with van der Waals surface area (Å²) in [6, 6.07) is 23.8. The molecule has 0 saturated carbocycles. The average molecular weight is 360 g/mol. The van der Waals surface area contributed by atoms with Gasteiger partial charge in [0.15, 0.2) is 0 Å². The van der Waals surface area contributed by atoms with Crippen molar-refractivity contribution in [2.45, 2.75) is 25.4 Å². The first kappa shape index (κ1) is 17.3. The number of benzene rings is 3. The van der Waals surface area contributed by atoms with E-state index in [0.29, 0.717) is 5.56 Å². The molecule has 4 heteroatoms. The lowest BCUT2D eigenvalue weighted by atomic mass is 9.90. The predicted octanol–water partition coefficient (Wildman–Crippen LogP) is 5.42. The number of nitrogens with one attached hydrogen (secondary N) is 1. The quantitative estimate of drug-likeness (QED) is 0.676. The number of hydrogen-bond acceptors (Lipinski definition) is 2. The fourth-order valence-electron chi connectivity index (χ4n) is 3.76. The molecule has 1 aliphatic rings. The number of fused-ring (bicyclic) bond motifs is 1. The van der Waals surface area contributed by atoms with Gasteiger partial charge in [-0.05, 0) is 55.3 Å². The van der Waals surface area contributed by atoms with E-state index in [1.54, 1.807) is 6.07 Å². The van der Waals surface area contributed by atoms with E-state index >= 15 is 0 Å². The maximum Gasteiger partial charge on any atom is 0.258 e. The van der Waals surface area contributed by atoms with E-state index in [2.05, 4.69) is 12.2 Å². The summed E-state index contributed by atoms with van der Waals surface area (Å²) in [5.74, 6) is -0.266. The van der Waals surface area contributed by atoms with E-state index in [-0.39, 0.29) is 23.8 Å². The van der Waals surface area contributed by atoms with Crippen molar-refractivity contribution < 1.29 is 9.18 Å². The Bertz CT molecular complexity index is 957. The van der Waals surface area contributed by atoms with Gasteiger partial charge in [-0.1, -0.05) is 42.5 Å². The van der Waals surface area contributed by atoms with Gasteiger partial charge in [0.1, 0.15) is 5.82 Å². The molecular formula is C23H21FN2O. The van der Waals surface area contributed by atoms with E-state index in [9.17, 15) is 9.18 Å². The van der Waals surface area contributed by atoms with Gasteiger partial charge in [0, 0.05) is 23.0 Å². The van der Waals surface area contributed by atoms with Gasteiger partial charge in [-0.2, -0.15) is 0 Å². The van der Waals surface area contributed by atoms with Crippen LogP contribution in [0.2, 0.25) is 0 Å². The molecule has 3 aromatic carbocycles. The minimum absolute atomic E-state index is 0.000226. The van der Waals surface area contributed by atoms with Crippen molar-refractivity contribution in [1.29, 1.82) is 0 Å². The highest BCUT2D eigenvalue weighted by Gasteiger charge is 2.34. The van der Waals surface area contributed by atoms with Gasteiger partial charge in [-0.25, -0.2) is 4.39 Å². The summed E-state index contributed by atoms with van der Waals surface area (Å²) >= 11 is 0. The number of carbonyl (C=O) groups is 1. The molecule has 0 spiro atoms. The van der Waals surface area contributed by atoms with Crippen molar-refractivity contribution in [2.24, 2.45) is 0 Å². The number of halogens is 1. The predicted molar refractivity (Wildman–Crippen MR) is 107 cm³/mol. The fraction of sp³-hybridized carbons (Fsp3) is 0.174. The standard InChI is InChI=1S/C23H21FN2O/c1-16-14-21(25-19-11-7-10-18(24)15-19)20-12-5-6-13-22(20)26(16)23(27)17-8-3-2-4-9-17/h2-13,15-16,21,25H,14H2,1H3. The molecule has 2 unspecified atom stereocenters. The highest BCUT2D eigenvalue weighted by Crippen LogP contribution is 2.39. The van der Waals surface area contributed by atoms with Crippen molar-refractivity contribution in [1.82, 2.24) is 0 Å². The molecule has 4 rings (SSSR count). The van der Waals surface area contributed by atoms with Crippen LogP contribution in [0, 0.1) is 5.82 Å². The molecule has 1 aliphatic heterocycles. The molecule has 136 valence electrons. The van der Waals surface area contributed by atoms with Crippen molar-refractivity contribution >= 4 is 17.3 Å². The third-order valence-electron chi connectivity index (χ3n) is 4.99. The van der Waals surface area contributed by atoms with Crippen LogP contribution < -0.4 is 10.2 Å². The minimum Gasteiger partial charge on any atom is -0.378 e. The van der Waals surface area contributed by atoms with Crippen molar-refractivity contribution in [3.8, 4) is 0 Å². The molecule has 3 nitrogen and oxygen atoms in total. The molecule has 0 fully saturated rings. The third kappa shape index (κ3) is 3.43. The molecule has 0 aliphatic carbocycles. The Balaban J connectivity index is 1.69. The molecule has 0 saturated heterocycles. The summed E-state index contributed by atoms with van der Waals surface area (Å²) < 4.78 is 13.6. The monoisotopic (exact) mass is 360 g/mol. The Morgan fingerprint density at radius 1 is 1.00 bits per heavy atom. The van der Waals surface area contributed by atoms with Crippen LogP contribution in [-0.2, 0) is 0 Å². The van der Waals surface area contributed by atoms with Crippen LogP contribution in [0.15, 0.2) is 78.9 Å². The molecule has 0 aromatic heterocycles. The van der Waals surface area contributed by atoms with Gasteiger partial charge in [0.05, 0.1) is 6.04 Å². The van der Waals surface area contributed by atoms with E-state index in [1.807, 2.05) is 65.6 Å². The maximum absolute atomic E-state index is 13.6. The van der Waals surface area contributed by atoms with Crippen LogP contribution in [0.5, 0.6) is 0 Å². The Kier molecular flexibility index (Phi) is 4.63. The summed E-state index contributed by atoms with van der Waals surface area (Å²) in [5, 5.41) is 3.43. The molecule has 1 amide bonds.